The van der Waals surface area contributed by atoms with Gasteiger partial charge in [0.05, 0.1) is 11.5 Å². The first-order valence-electron chi connectivity index (χ1n) is 19.7. The molecule has 56 heavy (non-hydrogen) atoms. The van der Waals surface area contributed by atoms with Crippen LogP contribution in [0.25, 0.3) is 22.6 Å². The number of hydrazine groups is 1. The number of hydrogen-bond donors (Lipinski definition) is 2. The lowest BCUT2D eigenvalue weighted by Crippen LogP contribution is -2.29. The molecule has 1 aromatic heterocycles. The third-order valence-electron chi connectivity index (χ3n) is 11.3. The van der Waals surface area contributed by atoms with Crippen LogP contribution < -0.4 is 11.3 Å². The Bertz CT molecular complexity index is 1940. The van der Waals surface area contributed by atoms with Gasteiger partial charge in [-0.2, -0.15) is 0 Å². The quantitative estimate of drug-likeness (QED) is 0.0501. The lowest BCUT2D eigenvalue weighted by Gasteiger charge is -2.28. The Morgan fingerprint density at radius 1 is 0.625 bits per heavy atom. The fourth-order valence-electron chi connectivity index (χ4n) is 7.58. The number of nitrogens with one attached hydrogen (secondary N) is 1. The summed E-state index contributed by atoms with van der Waals surface area (Å²) in [6.07, 6.45) is 15.2. The number of halogens is 3. The van der Waals surface area contributed by atoms with Gasteiger partial charge >= 0.3 is 0 Å². The van der Waals surface area contributed by atoms with Gasteiger partial charge in [0.25, 0.3) is 5.91 Å². The Labute approximate surface area is 357 Å². The Kier molecular flexibility index (Phi) is 17.4. The molecule has 2 fully saturated rings. The van der Waals surface area contributed by atoms with Crippen molar-refractivity contribution in [3.05, 3.63) is 134 Å². The lowest BCUT2D eigenvalue weighted by molar-refractivity contribution is 0.0952. The molecule has 5 aromatic rings. The van der Waals surface area contributed by atoms with Crippen LogP contribution in [-0.4, -0.2) is 32.2 Å². The Morgan fingerprint density at radius 3 is 1.50 bits per heavy atom. The van der Waals surface area contributed by atoms with Crippen molar-refractivity contribution in [1.29, 1.82) is 0 Å². The molecular weight excluding hydrogens is 894 g/mol. The van der Waals surface area contributed by atoms with E-state index in [9.17, 15) is 9.59 Å². The largest absolute Gasteiger partial charge is 0.293 e. The summed E-state index contributed by atoms with van der Waals surface area (Å²) < 4.78 is 1.98. The third kappa shape index (κ3) is 12.7. The van der Waals surface area contributed by atoms with Crippen molar-refractivity contribution >= 4 is 59.5 Å². The van der Waals surface area contributed by atoms with E-state index < -0.39 is 0 Å². The van der Waals surface area contributed by atoms with E-state index >= 15 is 0 Å². The second-order valence-corrected chi connectivity index (χ2v) is 17.1. The van der Waals surface area contributed by atoms with Gasteiger partial charge in [0.2, 0.25) is 0 Å². The number of nitrogens with two attached hydrogens (primary N) is 1. The molecule has 0 aliphatic heterocycles. The third-order valence-corrected chi connectivity index (χ3v) is 12.8. The number of nitrogen functional groups attached to an aromatic ring is 1. The molecule has 0 saturated heterocycles. The molecule has 0 atom stereocenters. The van der Waals surface area contributed by atoms with Crippen LogP contribution in [0.5, 0.6) is 0 Å². The van der Waals surface area contributed by atoms with Crippen LogP contribution in [0.4, 0.5) is 0 Å². The normalized spacial score (nSPS) is 19.0. The van der Waals surface area contributed by atoms with Crippen molar-refractivity contribution in [1.82, 2.24) is 20.6 Å². The van der Waals surface area contributed by atoms with Crippen molar-refractivity contribution in [2.75, 3.05) is 5.33 Å². The predicted molar refractivity (Wildman–Crippen MR) is 239 cm³/mol. The molecule has 1 amide bonds. The van der Waals surface area contributed by atoms with Crippen molar-refractivity contribution in [2.24, 2.45) is 17.7 Å². The number of nitrogens with zero attached hydrogens (tertiary/aromatic N) is 3. The predicted octanol–water partition coefficient (Wildman–Crippen LogP) is 12.7. The van der Waals surface area contributed by atoms with Gasteiger partial charge in [-0.25, -0.2) is 10.8 Å². The summed E-state index contributed by atoms with van der Waals surface area (Å²) in [5.74, 6) is 8.76. The molecule has 2 aliphatic carbocycles. The average molecular weight is 947 g/mol. The summed E-state index contributed by atoms with van der Waals surface area (Å²) in [6.45, 7) is 4.61. The van der Waals surface area contributed by atoms with Crippen molar-refractivity contribution in [3.8, 4) is 22.6 Å². The highest BCUT2D eigenvalue weighted by atomic mass is 79.9. The van der Waals surface area contributed by atoms with Gasteiger partial charge in [0, 0.05) is 31.2 Å². The van der Waals surface area contributed by atoms with Gasteiger partial charge in [-0.05, 0) is 123 Å². The number of aromatic nitrogens is 3. The molecule has 2 saturated carbocycles. The molecule has 294 valence electrons. The van der Waals surface area contributed by atoms with Crippen molar-refractivity contribution < 1.29 is 9.59 Å². The summed E-state index contributed by atoms with van der Waals surface area (Å²) in [5, 5.41) is 9.11. The SMILES string of the molecule is CCC1CCC(c2ccc(-c3cnc(-c4ccc(Br)cc4)nn3)cc2)CC1.CCC1CCC(c2ccc(C(=O)CBr)cc2)CC1.NNC(=O)c1ccc(Br)cc1. The minimum atomic E-state index is -0.280. The highest BCUT2D eigenvalue weighted by Gasteiger charge is 2.22. The van der Waals surface area contributed by atoms with E-state index in [1.807, 2.05) is 48.0 Å². The van der Waals surface area contributed by atoms with Crippen LogP contribution >= 0.6 is 47.8 Å². The zero-order valence-corrected chi connectivity index (χ0v) is 37.0. The Hall–Kier alpha value is -3.57. The van der Waals surface area contributed by atoms with Crippen molar-refractivity contribution in [2.45, 2.75) is 89.9 Å². The van der Waals surface area contributed by atoms with E-state index in [0.717, 1.165) is 43.2 Å². The van der Waals surface area contributed by atoms with Gasteiger partial charge < -0.3 is 0 Å². The van der Waals surface area contributed by atoms with Crippen LogP contribution in [0.15, 0.2) is 112 Å². The van der Waals surface area contributed by atoms with Crippen LogP contribution in [0.3, 0.4) is 0 Å². The number of hydrogen-bond acceptors (Lipinski definition) is 6. The van der Waals surface area contributed by atoms with Gasteiger partial charge in [0.15, 0.2) is 11.6 Å². The van der Waals surface area contributed by atoms with E-state index in [2.05, 4.69) is 113 Å². The maximum Gasteiger partial charge on any atom is 0.265 e. The van der Waals surface area contributed by atoms with Gasteiger partial charge in [0.1, 0.15) is 5.69 Å². The molecule has 0 unspecified atom stereocenters. The molecule has 3 N–H and O–H groups in total. The van der Waals surface area contributed by atoms with Gasteiger partial charge in [-0.3, -0.25) is 15.0 Å². The maximum absolute atomic E-state index is 11.5. The fraction of sp³-hybridized carbons (Fsp3) is 0.370. The van der Waals surface area contributed by atoms with Gasteiger partial charge in [-0.15, -0.1) is 10.2 Å². The molecule has 4 aromatic carbocycles. The van der Waals surface area contributed by atoms with Crippen LogP contribution in [0, 0.1) is 11.8 Å². The van der Waals surface area contributed by atoms with Crippen molar-refractivity contribution in [3.63, 3.8) is 0 Å². The number of rotatable bonds is 9. The molecule has 0 radical (unpaired) electrons. The molecule has 0 bridgehead atoms. The minimum absolute atomic E-state index is 0.163. The summed E-state index contributed by atoms with van der Waals surface area (Å²) in [4.78, 5) is 26.9. The molecule has 7 rings (SSSR count). The smallest absolute Gasteiger partial charge is 0.265 e. The Balaban J connectivity index is 0.000000178. The maximum atomic E-state index is 11.5. The second kappa shape index (κ2) is 22.4. The first kappa shape index (κ1) is 43.6. The standard InChI is InChI=1S/C23H24BrN3.C16H21BrO.C7H7BrN2O/c1-2-16-3-5-17(6-4-16)18-7-9-19(10-8-18)22-15-25-23(27-26-22)20-11-13-21(24)14-12-20;1-2-12-3-5-13(6-4-12)14-7-9-15(10-8-14)16(18)11-17;8-6-3-1-5(2-4-6)7(11)10-9/h7-17H,2-6H2,1H3;7-10,12-13H,2-6,11H2,1H3;1-4H,9H2,(H,10,11). The fourth-order valence-corrected chi connectivity index (χ4v) is 8.43. The van der Waals surface area contributed by atoms with E-state index in [4.69, 9.17) is 5.84 Å². The van der Waals surface area contributed by atoms with E-state index in [0.29, 0.717) is 28.6 Å². The minimum Gasteiger partial charge on any atom is -0.293 e. The second-order valence-electron chi connectivity index (χ2n) is 14.7. The van der Waals surface area contributed by atoms with Gasteiger partial charge in [-0.1, -0.05) is 135 Å². The number of benzene rings is 4. The first-order valence-corrected chi connectivity index (χ1v) is 22.4. The Morgan fingerprint density at radius 2 is 1.07 bits per heavy atom. The molecule has 7 nitrogen and oxygen atoms in total. The first-order chi connectivity index (χ1) is 27.2. The zero-order valence-electron chi connectivity index (χ0n) is 32.3. The highest BCUT2D eigenvalue weighted by molar-refractivity contribution is 9.10. The molecule has 2 aliphatic rings. The molecular formula is C46H52Br3N5O2. The molecule has 1 heterocycles. The number of Topliss-reactive ketones (excluding diaryl/α,β-unsaturated/α-hetero) is 1. The topological polar surface area (TPSA) is 111 Å². The molecule has 0 spiro atoms. The van der Waals surface area contributed by atoms with Crippen LogP contribution in [-0.2, 0) is 0 Å². The van der Waals surface area contributed by atoms with Crippen LogP contribution in [0.1, 0.15) is 122 Å². The van der Waals surface area contributed by atoms with E-state index in [1.54, 1.807) is 24.3 Å². The summed E-state index contributed by atoms with van der Waals surface area (Å²) in [6, 6.07) is 32.0. The molecule has 10 heteroatoms. The number of carbonyl (C=O) groups is 2. The van der Waals surface area contributed by atoms with Crippen LogP contribution in [0.2, 0.25) is 0 Å². The lowest BCUT2D eigenvalue weighted by atomic mass is 9.78. The highest BCUT2D eigenvalue weighted by Crippen LogP contribution is 2.38. The van der Waals surface area contributed by atoms with E-state index in [1.165, 1.54) is 75.3 Å². The zero-order chi connectivity index (χ0) is 39.9. The number of amides is 1. The summed E-state index contributed by atoms with van der Waals surface area (Å²) >= 11 is 9.91. The number of carbonyl (C=O) groups excluding carboxylic acids is 2. The summed E-state index contributed by atoms with van der Waals surface area (Å²) in [7, 11) is 0. The number of alkyl halides is 1. The summed E-state index contributed by atoms with van der Waals surface area (Å²) in [5.41, 5.74) is 9.14. The number of ketones is 1. The van der Waals surface area contributed by atoms with E-state index in [-0.39, 0.29) is 11.7 Å². The average Bonchev–Trinajstić information content (AvgIpc) is 3.27. The monoisotopic (exact) mass is 943 g/mol.